The molecule has 0 unspecified atom stereocenters. The standard InChI is InChI=1S/C24H28N4O3/c1-15-10-9-13-22(16(15)2)31-19(5)24(30)26-25-23(29)14-21-17(3)27-28(18(21)4)20-11-7-6-8-12-20/h6-13,19H,14H2,1-5H3,(H,25,29)(H,26,30)/t19-/m0/s1. The highest BCUT2D eigenvalue weighted by Crippen LogP contribution is 2.22. The Labute approximate surface area is 182 Å². The number of nitrogens with zero attached hydrogens (tertiary/aromatic N) is 2. The number of amides is 2. The third kappa shape index (κ3) is 5.12. The van der Waals surface area contributed by atoms with Gasteiger partial charge in [-0.15, -0.1) is 0 Å². The second-order valence-electron chi connectivity index (χ2n) is 7.57. The molecule has 0 aliphatic carbocycles. The number of hydrogen-bond donors (Lipinski definition) is 2. The van der Waals surface area contributed by atoms with Crippen LogP contribution in [0.2, 0.25) is 0 Å². The number of ether oxygens (including phenoxy) is 1. The Balaban J connectivity index is 1.58. The van der Waals surface area contributed by atoms with Gasteiger partial charge in [0, 0.05) is 11.3 Å². The van der Waals surface area contributed by atoms with Crippen molar-refractivity contribution in [1.82, 2.24) is 20.6 Å². The average molecular weight is 421 g/mol. The normalized spacial score (nSPS) is 11.6. The summed E-state index contributed by atoms with van der Waals surface area (Å²) in [6, 6.07) is 15.4. The van der Waals surface area contributed by atoms with Gasteiger partial charge in [0.1, 0.15) is 5.75 Å². The number of rotatable bonds is 6. The summed E-state index contributed by atoms with van der Waals surface area (Å²) in [5.74, 6) is -0.109. The first-order valence-electron chi connectivity index (χ1n) is 10.2. The minimum atomic E-state index is -0.759. The SMILES string of the molecule is Cc1cccc(O[C@@H](C)C(=O)NNC(=O)Cc2c(C)nn(-c3ccccc3)c2C)c1C. The average Bonchev–Trinajstić information content (AvgIpc) is 3.04. The maximum absolute atomic E-state index is 12.4. The molecule has 31 heavy (non-hydrogen) atoms. The lowest BCUT2D eigenvalue weighted by atomic mass is 10.1. The fraction of sp³-hybridized carbons (Fsp3) is 0.292. The lowest BCUT2D eigenvalue weighted by Gasteiger charge is -2.17. The molecule has 2 aromatic carbocycles. The molecule has 162 valence electrons. The molecule has 0 fully saturated rings. The fourth-order valence-corrected chi connectivity index (χ4v) is 3.28. The zero-order chi connectivity index (χ0) is 22.5. The molecule has 3 aromatic rings. The number of aryl methyl sites for hydroxylation is 2. The molecule has 0 aliphatic rings. The van der Waals surface area contributed by atoms with Crippen molar-refractivity contribution >= 4 is 11.8 Å². The number of aromatic nitrogens is 2. The summed E-state index contributed by atoms with van der Waals surface area (Å²) in [7, 11) is 0. The van der Waals surface area contributed by atoms with Crippen molar-refractivity contribution in [1.29, 1.82) is 0 Å². The molecule has 1 aromatic heterocycles. The van der Waals surface area contributed by atoms with Crippen LogP contribution < -0.4 is 15.6 Å². The monoisotopic (exact) mass is 420 g/mol. The second kappa shape index (κ2) is 9.47. The third-order valence-electron chi connectivity index (χ3n) is 5.33. The van der Waals surface area contributed by atoms with Crippen molar-refractivity contribution < 1.29 is 14.3 Å². The third-order valence-corrected chi connectivity index (χ3v) is 5.33. The molecule has 0 aliphatic heterocycles. The highest BCUT2D eigenvalue weighted by Gasteiger charge is 2.19. The maximum atomic E-state index is 12.4. The van der Waals surface area contributed by atoms with Gasteiger partial charge in [-0.25, -0.2) is 4.68 Å². The first-order chi connectivity index (χ1) is 14.8. The molecule has 0 bridgehead atoms. The molecular weight excluding hydrogens is 392 g/mol. The van der Waals surface area contributed by atoms with Crippen LogP contribution in [-0.4, -0.2) is 27.7 Å². The van der Waals surface area contributed by atoms with E-state index >= 15 is 0 Å². The molecule has 0 spiro atoms. The van der Waals surface area contributed by atoms with Crippen LogP contribution in [0.25, 0.3) is 5.69 Å². The van der Waals surface area contributed by atoms with Crippen molar-refractivity contribution in [3.05, 3.63) is 76.6 Å². The topological polar surface area (TPSA) is 85.2 Å². The molecule has 2 N–H and O–H groups in total. The van der Waals surface area contributed by atoms with Crippen molar-refractivity contribution in [3.8, 4) is 11.4 Å². The van der Waals surface area contributed by atoms with Crippen molar-refractivity contribution in [2.45, 2.75) is 47.1 Å². The minimum absolute atomic E-state index is 0.108. The summed E-state index contributed by atoms with van der Waals surface area (Å²) in [5, 5.41) is 4.55. The van der Waals surface area contributed by atoms with Crippen molar-refractivity contribution in [3.63, 3.8) is 0 Å². The smallest absolute Gasteiger partial charge is 0.279 e. The fourth-order valence-electron chi connectivity index (χ4n) is 3.28. The second-order valence-corrected chi connectivity index (χ2v) is 7.57. The highest BCUT2D eigenvalue weighted by atomic mass is 16.5. The predicted molar refractivity (Wildman–Crippen MR) is 119 cm³/mol. The van der Waals surface area contributed by atoms with Crippen LogP contribution in [0, 0.1) is 27.7 Å². The summed E-state index contributed by atoms with van der Waals surface area (Å²) in [5.41, 5.74) is 10.4. The Morgan fingerprint density at radius 1 is 1.00 bits per heavy atom. The zero-order valence-electron chi connectivity index (χ0n) is 18.5. The lowest BCUT2D eigenvalue weighted by Crippen LogP contribution is -2.47. The molecular formula is C24H28N4O3. The number of para-hydroxylation sites is 1. The van der Waals surface area contributed by atoms with Crippen molar-refractivity contribution in [2.24, 2.45) is 0 Å². The summed E-state index contributed by atoms with van der Waals surface area (Å²) < 4.78 is 7.57. The molecule has 3 rings (SSSR count). The summed E-state index contributed by atoms with van der Waals surface area (Å²) in [6.45, 7) is 9.36. The van der Waals surface area contributed by atoms with Crippen LogP contribution in [0.15, 0.2) is 48.5 Å². The molecule has 0 saturated carbocycles. The van der Waals surface area contributed by atoms with Gasteiger partial charge in [0.25, 0.3) is 5.91 Å². The summed E-state index contributed by atoms with van der Waals surface area (Å²) in [4.78, 5) is 24.8. The maximum Gasteiger partial charge on any atom is 0.279 e. The van der Waals surface area contributed by atoms with E-state index in [1.165, 1.54) is 0 Å². The quantitative estimate of drug-likeness (QED) is 0.600. The molecule has 1 heterocycles. The Hall–Kier alpha value is -3.61. The van der Waals surface area contributed by atoms with Gasteiger partial charge in [-0.3, -0.25) is 20.4 Å². The van der Waals surface area contributed by atoms with E-state index in [1.807, 2.05) is 80.9 Å². The zero-order valence-corrected chi connectivity index (χ0v) is 18.5. The van der Waals surface area contributed by atoms with E-state index in [0.29, 0.717) is 5.75 Å². The van der Waals surface area contributed by atoms with E-state index in [0.717, 1.165) is 33.8 Å². The Morgan fingerprint density at radius 3 is 2.42 bits per heavy atom. The van der Waals surface area contributed by atoms with Gasteiger partial charge in [-0.2, -0.15) is 5.10 Å². The van der Waals surface area contributed by atoms with Gasteiger partial charge in [0.2, 0.25) is 5.91 Å². The van der Waals surface area contributed by atoms with E-state index < -0.39 is 12.0 Å². The van der Waals surface area contributed by atoms with Gasteiger partial charge < -0.3 is 4.74 Å². The van der Waals surface area contributed by atoms with Crippen LogP contribution >= 0.6 is 0 Å². The lowest BCUT2D eigenvalue weighted by molar-refractivity contribution is -0.132. The number of hydrogen-bond acceptors (Lipinski definition) is 4. The molecule has 1 atom stereocenters. The molecule has 0 radical (unpaired) electrons. The summed E-state index contributed by atoms with van der Waals surface area (Å²) >= 11 is 0. The minimum Gasteiger partial charge on any atom is -0.481 e. The Kier molecular flexibility index (Phi) is 6.74. The van der Waals surface area contributed by atoms with E-state index in [-0.39, 0.29) is 12.3 Å². The molecule has 0 saturated heterocycles. The van der Waals surface area contributed by atoms with Crippen LogP contribution in [0.4, 0.5) is 0 Å². The summed E-state index contributed by atoms with van der Waals surface area (Å²) in [6.07, 6.45) is -0.651. The Bertz CT molecular complexity index is 1090. The first kappa shape index (κ1) is 22.1. The number of benzene rings is 2. The Morgan fingerprint density at radius 2 is 1.71 bits per heavy atom. The van der Waals surface area contributed by atoms with Gasteiger partial charge in [0.05, 0.1) is 17.8 Å². The number of carbonyl (C=O) groups excluding carboxylic acids is 2. The van der Waals surface area contributed by atoms with Crippen LogP contribution in [0.1, 0.15) is 35.0 Å². The molecule has 7 nitrogen and oxygen atoms in total. The molecule has 7 heteroatoms. The van der Waals surface area contributed by atoms with Crippen LogP contribution in [-0.2, 0) is 16.0 Å². The van der Waals surface area contributed by atoms with E-state index in [1.54, 1.807) is 6.92 Å². The van der Waals surface area contributed by atoms with E-state index in [4.69, 9.17) is 4.74 Å². The van der Waals surface area contributed by atoms with Gasteiger partial charge in [0.15, 0.2) is 6.10 Å². The molecule has 2 amide bonds. The predicted octanol–water partition coefficient (Wildman–Crippen LogP) is 3.26. The van der Waals surface area contributed by atoms with Crippen LogP contribution in [0.3, 0.4) is 0 Å². The largest absolute Gasteiger partial charge is 0.481 e. The number of hydrazine groups is 1. The number of carbonyl (C=O) groups is 2. The highest BCUT2D eigenvalue weighted by molar-refractivity contribution is 5.85. The van der Waals surface area contributed by atoms with Gasteiger partial charge >= 0.3 is 0 Å². The van der Waals surface area contributed by atoms with Gasteiger partial charge in [-0.1, -0.05) is 30.3 Å². The first-order valence-corrected chi connectivity index (χ1v) is 10.2. The van der Waals surface area contributed by atoms with Gasteiger partial charge in [-0.05, 0) is 63.9 Å². The van der Waals surface area contributed by atoms with Crippen LogP contribution in [0.5, 0.6) is 5.75 Å². The van der Waals surface area contributed by atoms with E-state index in [9.17, 15) is 9.59 Å². The van der Waals surface area contributed by atoms with Crippen molar-refractivity contribution in [2.75, 3.05) is 0 Å². The van der Waals surface area contributed by atoms with E-state index in [2.05, 4.69) is 16.0 Å². The number of nitrogens with one attached hydrogen (secondary N) is 2.